The molecule has 10 heteroatoms. The van der Waals surface area contributed by atoms with E-state index in [1.807, 2.05) is 25.1 Å². The number of nitrogens with one attached hydrogen (secondary N) is 1. The summed E-state index contributed by atoms with van der Waals surface area (Å²) < 4.78 is 0. The van der Waals surface area contributed by atoms with Crippen LogP contribution in [0.15, 0.2) is 23.0 Å². The molecule has 1 fully saturated rings. The number of nitrogens with zero attached hydrogens (tertiary/aromatic N) is 1. The summed E-state index contributed by atoms with van der Waals surface area (Å²) in [6.45, 7) is 8.71. The fourth-order valence-electron chi connectivity index (χ4n) is 6.15. The zero-order valence-electron chi connectivity index (χ0n) is 22.7. The highest BCUT2D eigenvalue weighted by molar-refractivity contribution is 6.23. The number of primary amides is 1. The van der Waals surface area contributed by atoms with Gasteiger partial charge in [-0.2, -0.15) is 0 Å². The molecule has 0 aromatic heterocycles. The Kier molecular flexibility index (Phi) is 6.64. The van der Waals surface area contributed by atoms with Crippen LogP contribution in [0.4, 0.5) is 5.69 Å². The third-order valence-electron chi connectivity index (χ3n) is 8.04. The average Bonchev–Trinajstić information content (AvgIpc) is 2.79. The van der Waals surface area contributed by atoms with Crippen molar-refractivity contribution in [1.82, 2.24) is 5.32 Å². The molecular formula is C28H37N3O7. The highest BCUT2D eigenvalue weighted by atomic mass is 16.3. The van der Waals surface area contributed by atoms with E-state index in [1.54, 1.807) is 0 Å². The predicted molar refractivity (Wildman–Crippen MR) is 141 cm³/mol. The van der Waals surface area contributed by atoms with Gasteiger partial charge in [0.25, 0.3) is 5.91 Å². The van der Waals surface area contributed by atoms with Gasteiger partial charge in [-0.3, -0.25) is 14.4 Å². The molecule has 0 aliphatic heterocycles. The first-order valence-electron chi connectivity index (χ1n) is 12.8. The number of carbonyl (C=O) groups excluding carboxylic acids is 3. The van der Waals surface area contributed by atoms with Crippen LogP contribution in [0.2, 0.25) is 0 Å². The minimum atomic E-state index is -2.60. The molecule has 7 N–H and O–H groups in total. The minimum Gasteiger partial charge on any atom is -0.508 e. The lowest BCUT2D eigenvalue weighted by molar-refractivity contribution is -0.152. The number of ketones is 2. The van der Waals surface area contributed by atoms with E-state index < -0.39 is 57.9 Å². The van der Waals surface area contributed by atoms with Crippen molar-refractivity contribution in [2.45, 2.75) is 52.7 Å². The predicted octanol–water partition coefficient (Wildman–Crippen LogP) is 1.87. The first kappa shape index (κ1) is 27.7. The Labute approximate surface area is 221 Å². The molecule has 1 amide bonds. The van der Waals surface area contributed by atoms with E-state index in [2.05, 4.69) is 26.1 Å². The second-order valence-corrected chi connectivity index (χ2v) is 12.2. The number of hydrogen-bond donors (Lipinski definition) is 6. The normalized spacial score (nSPS) is 27.2. The summed E-state index contributed by atoms with van der Waals surface area (Å²) in [6, 6.07) is 1.85. The summed E-state index contributed by atoms with van der Waals surface area (Å²) in [5.74, 6) is -7.28. The molecule has 1 saturated carbocycles. The number of aliphatic hydroxyl groups is 3. The number of aliphatic hydroxyl groups excluding tert-OH is 2. The van der Waals surface area contributed by atoms with Crippen LogP contribution in [-0.4, -0.2) is 64.1 Å². The second-order valence-electron chi connectivity index (χ2n) is 12.2. The fourth-order valence-corrected chi connectivity index (χ4v) is 6.15. The average molecular weight is 528 g/mol. The Bertz CT molecular complexity index is 1300. The van der Waals surface area contributed by atoms with Crippen molar-refractivity contribution in [2.24, 2.45) is 28.9 Å². The summed E-state index contributed by atoms with van der Waals surface area (Å²) in [4.78, 5) is 40.5. The zero-order valence-corrected chi connectivity index (χ0v) is 22.7. The van der Waals surface area contributed by atoms with Gasteiger partial charge in [0.15, 0.2) is 11.4 Å². The second kappa shape index (κ2) is 9.13. The van der Waals surface area contributed by atoms with Crippen molar-refractivity contribution < 1.29 is 34.8 Å². The number of fused-ring (bicyclic) bond motifs is 3. The smallest absolute Gasteiger partial charge is 0.255 e. The van der Waals surface area contributed by atoms with Crippen molar-refractivity contribution in [2.75, 3.05) is 25.5 Å². The number of phenolic OH excluding ortho intramolecular Hbond substituents is 1. The van der Waals surface area contributed by atoms with Gasteiger partial charge >= 0.3 is 0 Å². The number of benzene rings is 1. The van der Waals surface area contributed by atoms with E-state index in [0.717, 1.165) is 5.69 Å². The van der Waals surface area contributed by atoms with E-state index >= 15 is 0 Å². The van der Waals surface area contributed by atoms with Crippen molar-refractivity contribution in [3.8, 4) is 5.75 Å². The monoisotopic (exact) mass is 527 g/mol. The molecular weight excluding hydrogens is 490 g/mol. The molecule has 206 valence electrons. The molecule has 4 rings (SSSR count). The van der Waals surface area contributed by atoms with Gasteiger partial charge in [-0.1, -0.05) is 27.7 Å². The Morgan fingerprint density at radius 3 is 2.39 bits per heavy atom. The molecule has 0 saturated heterocycles. The maximum atomic E-state index is 13.8. The van der Waals surface area contributed by atoms with E-state index in [9.17, 15) is 34.8 Å². The Morgan fingerprint density at radius 1 is 1.21 bits per heavy atom. The van der Waals surface area contributed by atoms with Crippen LogP contribution in [0.3, 0.4) is 0 Å². The van der Waals surface area contributed by atoms with Crippen molar-refractivity contribution in [3.63, 3.8) is 0 Å². The van der Waals surface area contributed by atoms with Gasteiger partial charge < -0.3 is 36.4 Å². The van der Waals surface area contributed by atoms with Crippen LogP contribution >= 0.6 is 0 Å². The number of anilines is 1. The molecule has 0 bridgehead atoms. The lowest BCUT2D eigenvalue weighted by atomic mass is 9.56. The Hall–Kier alpha value is -3.37. The number of nitrogens with two attached hydrogens (primary N) is 1. The molecule has 3 aliphatic carbocycles. The van der Waals surface area contributed by atoms with Gasteiger partial charge in [-0.25, -0.2) is 0 Å². The minimum absolute atomic E-state index is 0.00381. The van der Waals surface area contributed by atoms with E-state index in [-0.39, 0.29) is 35.1 Å². The Morgan fingerprint density at radius 2 is 1.84 bits per heavy atom. The molecule has 10 nitrogen and oxygen atoms in total. The number of aromatic hydroxyl groups is 1. The van der Waals surface area contributed by atoms with E-state index in [4.69, 9.17) is 5.73 Å². The van der Waals surface area contributed by atoms with Crippen molar-refractivity contribution in [1.29, 1.82) is 0 Å². The van der Waals surface area contributed by atoms with Crippen LogP contribution in [0.5, 0.6) is 5.75 Å². The quantitative estimate of drug-likeness (QED) is 0.312. The SMILES string of the molecule is C[C@@H]1C(=O)C(C(N)=O)=C(O)[C@@]2(O)C(=O)C3=C(O)c4c(O)c(CNCC(C)(C)C)cc(N(C)C)c4CC3CC12. The summed E-state index contributed by atoms with van der Waals surface area (Å²) in [5, 5.41) is 48.4. The van der Waals surface area contributed by atoms with E-state index in [1.165, 1.54) is 6.92 Å². The number of amides is 1. The van der Waals surface area contributed by atoms with Crippen LogP contribution in [0.1, 0.15) is 50.8 Å². The first-order valence-corrected chi connectivity index (χ1v) is 12.8. The highest BCUT2D eigenvalue weighted by Crippen LogP contribution is 2.54. The summed E-state index contributed by atoms with van der Waals surface area (Å²) in [5.41, 5.74) is 3.79. The molecule has 2 unspecified atom stereocenters. The molecule has 0 heterocycles. The number of hydrogen-bond acceptors (Lipinski definition) is 9. The number of carbonyl (C=O) groups is 3. The molecule has 3 aliphatic rings. The third kappa shape index (κ3) is 4.06. The van der Waals surface area contributed by atoms with Crippen molar-refractivity contribution >= 4 is 28.9 Å². The topological polar surface area (TPSA) is 173 Å². The maximum Gasteiger partial charge on any atom is 0.255 e. The fraction of sp³-hybridized carbons (Fsp3) is 0.536. The maximum absolute atomic E-state index is 13.8. The van der Waals surface area contributed by atoms with Gasteiger partial charge in [0.2, 0.25) is 5.78 Å². The lowest BCUT2D eigenvalue weighted by Crippen LogP contribution is -2.61. The largest absolute Gasteiger partial charge is 0.508 e. The zero-order chi connectivity index (χ0) is 28.5. The lowest BCUT2D eigenvalue weighted by Gasteiger charge is -2.48. The van der Waals surface area contributed by atoms with Crippen LogP contribution in [0.25, 0.3) is 5.76 Å². The van der Waals surface area contributed by atoms with Gasteiger partial charge in [-0.15, -0.1) is 0 Å². The van der Waals surface area contributed by atoms with Gasteiger partial charge in [0.05, 0.1) is 5.56 Å². The van der Waals surface area contributed by atoms with Crippen LogP contribution in [-0.2, 0) is 27.3 Å². The van der Waals surface area contributed by atoms with Crippen LogP contribution < -0.4 is 16.0 Å². The van der Waals surface area contributed by atoms with Crippen LogP contribution in [0, 0.1) is 23.2 Å². The Balaban J connectivity index is 1.89. The van der Waals surface area contributed by atoms with Gasteiger partial charge in [-0.05, 0) is 35.8 Å². The molecule has 38 heavy (non-hydrogen) atoms. The van der Waals surface area contributed by atoms with Crippen molar-refractivity contribution in [3.05, 3.63) is 39.7 Å². The summed E-state index contributed by atoms with van der Waals surface area (Å²) in [7, 11) is 3.69. The summed E-state index contributed by atoms with van der Waals surface area (Å²) >= 11 is 0. The molecule has 0 spiro atoms. The summed E-state index contributed by atoms with van der Waals surface area (Å²) in [6.07, 6.45) is 0.352. The first-order chi connectivity index (χ1) is 17.5. The van der Waals surface area contributed by atoms with Gasteiger partial charge in [0.1, 0.15) is 22.8 Å². The third-order valence-corrected chi connectivity index (χ3v) is 8.04. The van der Waals surface area contributed by atoms with E-state index in [0.29, 0.717) is 24.2 Å². The van der Waals surface area contributed by atoms with Gasteiger partial charge in [0, 0.05) is 55.8 Å². The molecule has 4 atom stereocenters. The number of Topliss-reactive ketones (excluding diaryl/α,β-unsaturated/α-hetero) is 2. The number of phenols is 1. The molecule has 1 aromatic carbocycles. The molecule has 1 aromatic rings. The molecule has 0 radical (unpaired) electrons. The standard InChI is InChI=1S/C28H37N3O7/c1-12-16-8-13-7-15-17(31(5)6)9-14(10-30-11-27(2,3)4)22(33)19(15)23(34)18(13)24(35)28(16,38)25(36)20(21(12)32)26(29)37/h9,12-13,16,30,33-34,36,38H,7-8,10-11H2,1-6H3,(H2,29,37)/t12-,13?,16?,28-/m0/s1. The highest BCUT2D eigenvalue weighted by Gasteiger charge is 2.62. The number of rotatable bonds is 5.